The molecule has 142 valence electrons. The zero-order valence-corrected chi connectivity index (χ0v) is 15.8. The summed E-state index contributed by atoms with van der Waals surface area (Å²) in [5.74, 6) is 0.0536. The Bertz CT molecular complexity index is 752. The van der Waals surface area contributed by atoms with Crippen LogP contribution < -0.4 is 5.32 Å². The average molecular weight is 364 g/mol. The molecular weight excluding hydrogens is 336 g/mol. The number of piperidine rings is 1. The van der Waals surface area contributed by atoms with Gasteiger partial charge in [-0.2, -0.15) is 0 Å². The van der Waals surface area contributed by atoms with Gasteiger partial charge in [0.05, 0.1) is 0 Å². The number of ketones is 1. The van der Waals surface area contributed by atoms with Crippen molar-refractivity contribution in [1.82, 2.24) is 4.90 Å². The summed E-state index contributed by atoms with van der Waals surface area (Å²) in [5, 5.41) is 2.96. The van der Waals surface area contributed by atoms with E-state index in [4.69, 9.17) is 0 Å². The molecule has 0 aliphatic carbocycles. The van der Waals surface area contributed by atoms with E-state index in [-0.39, 0.29) is 11.7 Å². The molecule has 0 unspecified atom stereocenters. The first kappa shape index (κ1) is 19.3. The second-order valence-electron chi connectivity index (χ2n) is 7.23. The summed E-state index contributed by atoms with van der Waals surface area (Å²) < 4.78 is 0. The van der Waals surface area contributed by atoms with Gasteiger partial charge in [0.25, 0.3) is 0 Å². The van der Waals surface area contributed by atoms with Crippen molar-refractivity contribution in [2.45, 2.75) is 45.1 Å². The Morgan fingerprint density at radius 2 is 1.67 bits per heavy atom. The van der Waals surface area contributed by atoms with Crippen molar-refractivity contribution >= 4 is 17.4 Å². The lowest BCUT2D eigenvalue weighted by molar-refractivity contribution is -0.116. The van der Waals surface area contributed by atoms with E-state index < -0.39 is 0 Å². The average Bonchev–Trinajstić information content (AvgIpc) is 2.69. The maximum absolute atomic E-state index is 12.2. The van der Waals surface area contributed by atoms with Gasteiger partial charge in [-0.1, -0.05) is 48.9 Å². The van der Waals surface area contributed by atoms with Crippen molar-refractivity contribution in [3.8, 4) is 0 Å². The standard InChI is InChI=1S/C23H28N2O2/c26-22(20-10-3-1-4-11-20)13-8-14-23(27)24-21-12-7-9-19(17-21)18-25-15-5-2-6-16-25/h1,3-4,7,9-12,17H,2,5-6,8,13-16,18H2,(H,24,27). The van der Waals surface area contributed by atoms with Crippen LogP contribution in [-0.2, 0) is 11.3 Å². The first-order valence-corrected chi connectivity index (χ1v) is 9.90. The number of hydrogen-bond acceptors (Lipinski definition) is 3. The summed E-state index contributed by atoms with van der Waals surface area (Å²) in [5.41, 5.74) is 2.78. The Balaban J connectivity index is 1.43. The molecule has 0 atom stereocenters. The number of anilines is 1. The van der Waals surface area contributed by atoms with Gasteiger partial charge in [-0.05, 0) is 50.0 Å². The van der Waals surface area contributed by atoms with Gasteiger partial charge >= 0.3 is 0 Å². The van der Waals surface area contributed by atoms with Crippen LogP contribution in [0.2, 0.25) is 0 Å². The molecule has 1 N–H and O–H groups in total. The minimum absolute atomic E-state index is 0.0361. The molecule has 0 spiro atoms. The Kier molecular flexibility index (Phi) is 7.17. The number of nitrogens with zero attached hydrogens (tertiary/aromatic N) is 1. The largest absolute Gasteiger partial charge is 0.326 e. The molecule has 1 amide bonds. The number of nitrogens with one attached hydrogen (secondary N) is 1. The van der Waals surface area contributed by atoms with Crippen LogP contribution in [0.5, 0.6) is 0 Å². The lowest BCUT2D eigenvalue weighted by Crippen LogP contribution is -2.29. The van der Waals surface area contributed by atoms with E-state index in [2.05, 4.69) is 22.3 Å². The number of carbonyl (C=O) groups is 2. The van der Waals surface area contributed by atoms with Crippen LogP contribution in [-0.4, -0.2) is 29.7 Å². The van der Waals surface area contributed by atoms with Gasteiger partial charge < -0.3 is 5.32 Å². The predicted octanol–water partition coefficient (Wildman–Crippen LogP) is 4.66. The number of benzene rings is 2. The van der Waals surface area contributed by atoms with Gasteiger partial charge in [-0.25, -0.2) is 0 Å². The summed E-state index contributed by atoms with van der Waals surface area (Å²) in [6.07, 6.45) is 5.20. The van der Waals surface area contributed by atoms with Gasteiger partial charge in [0.2, 0.25) is 5.91 Å². The molecule has 1 saturated heterocycles. The number of rotatable bonds is 8. The monoisotopic (exact) mass is 364 g/mol. The van der Waals surface area contributed by atoms with Gasteiger partial charge in [0.15, 0.2) is 5.78 Å². The van der Waals surface area contributed by atoms with Crippen molar-refractivity contribution in [2.75, 3.05) is 18.4 Å². The Morgan fingerprint density at radius 3 is 2.44 bits per heavy atom. The molecule has 1 aliphatic rings. The van der Waals surface area contributed by atoms with E-state index >= 15 is 0 Å². The minimum Gasteiger partial charge on any atom is -0.326 e. The van der Waals surface area contributed by atoms with Crippen LogP contribution in [0.3, 0.4) is 0 Å². The SMILES string of the molecule is O=C(CCCC(=O)c1ccccc1)Nc1cccc(CN2CCCCC2)c1. The van der Waals surface area contributed by atoms with E-state index in [1.54, 1.807) is 0 Å². The van der Waals surface area contributed by atoms with Crippen LogP contribution in [0.4, 0.5) is 5.69 Å². The van der Waals surface area contributed by atoms with E-state index in [1.807, 2.05) is 42.5 Å². The summed E-state index contributed by atoms with van der Waals surface area (Å²) in [4.78, 5) is 26.8. The van der Waals surface area contributed by atoms with Gasteiger partial charge in [0, 0.05) is 30.6 Å². The molecule has 2 aromatic rings. The minimum atomic E-state index is -0.0361. The fourth-order valence-corrected chi connectivity index (χ4v) is 3.52. The highest BCUT2D eigenvalue weighted by atomic mass is 16.1. The molecular formula is C23H28N2O2. The highest BCUT2D eigenvalue weighted by Crippen LogP contribution is 2.17. The zero-order chi connectivity index (χ0) is 18.9. The van der Waals surface area contributed by atoms with E-state index in [1.165, 1.54) is 24.8 Å². The van der Waals surface area contributed by atoms with Crippen LogP contribution in [0.25, 0.3) is 0 Å². The van der Waals surface area contributed by atoms with Crippen molar-refractivity contribution < 1.29 is 9.59 Å². The molecule has 0 aromatic heterocycles. The molecule has 0 saturated carbocycles. The van der Waals surface area contributed by atoms with Crippen LogP contribution in [0.1, 0.15) is 54.4 Å². The first-order chi connectivity index (χ1) is 13.2. The second kappa shape index (κ2) is 10.0. The normalized spacial score (nSPS) is 14.7. The van der Waals surface area contributed by atoms with Crippen molar-refractivity contribution in [3.05, 3.63) is 65.7 Å². The van der Waals surface area contributed by atoms with E-state index in [9.17, 15) is 9.59 Å². The molecule has 1 heterocycles. The fourth-order valence-electron chi connectivity index (χ4n) is 3.52. The van der Waals surface area contributed by atoms with Crippen LogP contribution in [0, 0.1) is 0 Å². The van der Waals surface area contributed by atoms with Crippen LogP contribution >= 0.6 is 0 Å². The number of carbonyl (C=O) groups excluding carboxylic acids is 2. The van der Waals surface area contributed by atoms with Crippen molar-refractivity contribution in [1.29, 1.82) is 0 Å². The molecule has 4 nitrogen and oxygen atoms in total. The fraction of sp³-hybridized carbons (Fsp3) is 0.391. The summed E-state index contributed by atoms with van der Waals surface area (Å²) >= 11 is 0. The molecule has 4 heteroatoms. The quantitative estimate of drug-likeness (QED) is 0.693. The number of hydrogen-bond donors (Lipinski definition) is 1. The molecule has 2 aromatic carbocycles. The molecule has 0 radical (unpaired) electrons. The topological polar surface area (TPSA) is 49.4 Å². The first-order valence-electron chi connectivity index (χ1n) is 9.90. The molecule has 1 aliphatic heterocycles. The summed E-state index contributed by atoms with van der Waals surface area (Å²) in [7, 11) is 0. The highest BCUT2D eigenvalue weighted by Gasteiger charge is 2.11. The van der Waals surface area contributed by atoms with Gasteiger partial charge in [-0.15, -0.1) is 0 Å². The number of likely N-dealkylation sites (tertiary alicyclic amines) is 1. The maximum Gasteiger partial charge on any atom is 0.224 e. The molecule has 1 fully saturated rings. The smallest absolute Gasteiger partial charge is 0.224 e. The summed E-state index contributed by atoms with van der Waals surface area (Å²) in [6, 6.07) is 17.3. The van der Waals surface area contributed by atoms with Gasteiger partial charge in [0.1, 0.15) is 0 Å². The second-order valence-corrected chi connectivity index (χ2v) is 7.23. The molecule has 0 bridgehead atoms. The van der Waals surface area contributed by atoms with Crippen molar-refractivity contribution in [3.63, 3.8) is 0 Å². The zero-order valence-electron chi connectivity index (χ0n) is 15.8. The third-order valence-corrected chi connectivity index (χ3v) is 4.97. The van der Waals surface area contributed by atoms with Gasteiger partial charge in [-0.3, -0.25) is 14.5 Å². The lowest BCUT2D eigenvalue weighted by atomic mass is 10.1. The Morgan fingerprint density at radius 1 is 0.889 bits per heavy atom. The number of amides is 1. The highest BCUT2D eigenvalue weighted by molar-refractivity contribution is 5.96. The third kappa shape index (κ3) is 6.33. The molecule has 27 heavy (non-hydrogen) atoms. The maximum atomic E-state index is 12.2. The van der Waals surface area contributed by atoms with Crippen molar-refractivity contribution in [2.24, 2.45) is 0 Å². The Hall–Kier alpha value is -2.46. The van der Waals surface area contributed by atoms with E-state index in [0.717, 1.165) is 25.3 Å². The summed E-state index contributed by atoms with van der Waals surface area (Å²) in [6.45, 7) is 3.26. The predicted molar refractivity (Wildman–Crippen MR) is 109 cm³/mol. The molecule has 3 rings (SSSR count). The Labute approximate surface area is 161 Å². The lowest BCUT2D eigenvalue weighted by Gasteiger charge is -2.26. The van der Waals surface area contributed by atoms with Crippen LogP contribution in [0.15, 0.2) is 54.6 Å². The van der Waals surface area contributed by atoms with E-state index in [0.29, 0.717) is 24.8 Å². The number of Topliss-reactive ketones (excluding diaryl/α,β-unsaturated/α-hetero) is 1. The third-order valence-electron chi connectivity index (χ3n) is 4.97.